The molecule has 2 N–H and O–H groups in total. The zero-order valence-corrected chi connectivity index (χ0v) is 13.4. The minimum absolute atomic E-state index is 0.528. The van der Waals surface area contributed by atoms with E-state index in [1.54, 1.807) is 0 Å². The lowest BCUT2D eigenvalue weighted by molar-refractivity contribution is 0.303. The Morgan fingerprint density at radius 2 is 2.05 bits per heavy atom. The maximum absolute atomic E-state index is 5.76. The van der Waals surface area contributed by atoms with Crippen LogP contribution < -0.4 is 5.73 Å². The Morgan fingerprint density at radius 3 is 2.70 bits per heavy atom. The smallest absolute Gasteiger partial charge is 0.257 e. The minimum Gasteiger partial charge on any atom is -0.398 e. The average molecular weight is 339 g/mol. The maximum Gasteiger partial charge on any atom is 0.257 e. The molecule has 0 aliphatic heterocycles. The van der Waals surface area contributed by atoms with Gasteiger partial charge < -0.3 is 15.2 Å². The second-order valence-corrected chi connectivity index (χ2v) is 5.38. The lowest BCUT2D eigenvalue weighted by Crippen LogP contribution is -2.25. The summed E-state index contributed by atoms with van der Waals surface area (Å²) in [5.41, 5.74) is 7.32. The fourth-order valence-corrected chi connectivity index (χ4v) is 2.31. The molecule has 0 fully saturated rings. The summed E-state index contributed by atoms with van der Waals surface area (Å²) in [6.07, 6.45) is 0.793. The van der Waals surface area contributed by atoms with Gasteiger partial charge in [0.05, 0.1) is 0 Å². The summed E-state index contributed by atoms with van der Waals surface area (Å²) >= 11 is 3.40. The summed E-state index contributed by atoms with van der Waals surface area (Å²) in [5, 5.41) is 4.03. The maximum atomic E-state index is 5.76. The van der Waals surface area contributed by atoms with Crippen LogP contribution in [0.15, 0.2) is 27.2 Å². The molecule has 6 heteroatoms. The zero-order valence-electron chi connectivity index (χ0n) is 11.8. The van der Waals surface area contributed by atoms with E-state index in [2.05, 4.69) is 44.8 Å². The van der Waals surface area contributed by atoms with Crippen molar-refractivity contribution >= 4 is 21.6 Å². The van der Waals surface area contributed by atoms with Gasteiger partial charge in [-0.15, -0.1) is 0 Å². The van der Waals surface area contributed by atoms with Crippen molar-refractivity contribution in [2.24, 2.45) is 0 Å². The van der Waals surface area contributed by atoms with Crippen LogP contribution in [0.1, 0.15) is 19.7 Å². The molecule has 2 rings (SSSR count). The molecule has 1 aromatic carbocycles. The largest absolute Gasteiger partial charge is 0.398 e. The number of nitrogens with zero attached hydrogens (tertiary/aromatic N) is 3. The molecule has 0 amide bonds. The number of aromatic nitrogens is 2. The van der Waals surface area contributed by atoms with Crippen molar-refractivity contribution in [1.29, 1.82) is 0 Å². The van der Waals surface area contributed by atoms with Gasteiger partial charge in [-0.2, -0.15) is 4.98 Å². The summed E-state index contributed by atoms with van der Waals surface area (Å²) < 4.78 is 6.14. The molecule has 0 spiro atoms. The van der Waals surface area contributed by atoms with Gasteiger partial charge in [0.2, 0.25) is 0 Å². The zero-order chi connectivity index (χ0) is 14.5. The van der Waals surface area contributed by atoms with Crippen LogP contribution in [0.3, 0.4) is 0 Å². The Balaban J connectivity index is 2.06. The van der Waals surface area contributed by atoms with Crippen LogP contribution in [-0.4, -0.2) is 34.7 Å². The van der Waals surface area contributed by atoms with Gasteiger partial charge in [-0.3, -0.25) is 0 Å². The van der Waals surface area contributed by atoms with E-state index in [0.717, 1.165) is 41.9 Å². The van der Waals surface area contributed by atoms with Gasteiger partial charge in [-0.1, -0.05) is 19.0 Å². The van der Waals surface area contributed by atoms with Gasteiger partial charge in [0.25, 0.3) is 5.89 Å². The molecule has 0 bridgehead atoms. The Morgan fingerprint density at radius 1 is 1.30 bits per heavy atom. The number of rotatable bonds is 6. The van der Waals surface area contributed by atoms with Crippen LogP contribution in [0.4, 0.5) is 5.69 Å². The van der Waals surface area contributed by atoms with Gasteiger partial charge in [0.15, 0.2) is 5.82 Å². The predicted octanol–water partition coefficient (Wildman–Crippen LogP) is 2.97. The highest BCUT2D eigenvalue weighted by molar-refractivity contribution is 9.10. The van der Waals surface area contributed by atoms with E-state index in [9.17, 15) is 0 Å². The van der Waals surface area contributed by atoms with Gasteiger partial charge in [0, 0.05) is 28.7 Å². The number of anilines is 1. The topological polar surface area (TPSA) is 68.2 Å². The van der Waals surface area contributed by atoms with Crippen LogP contribution in [0.25, 0.3) is 11.5 Å². The molecule has 0 unspecified atom stereocenters. The average Bonchev–Trinajstić information content (AvgIpc) is 2.92. The molecule has 2 aromatic rings. The summed E-state index contributed by atoms with van der Waals surface area (Å²) in [5.74, 6) is 1.26. The Bertz CT molecular complexity index is 566. The minimum atomic E-state index is 0.528. The first-order valence-corrected chi connectivity index (χ1v) is 7.53. The van der Waals surface area contributed by atoms with Gasteiger partial charge in [-0.25, -0.2) is 0 Å². The summed E-state index contributed by atoms with van der Waals surface area (Å²) in [6.45, 7) is 7.31. The third kappa shape index (κ3) is 3.58. The van der Waals surface area contributed by atoms with E-state index in [1.165, 1.54) is 0 Å². The number of nitrogen functional groups attached to an aromatic ring is 1. The lowest BCUT2D eigenvalue weighted by Gasteiger charge is -2.16. The van der Waals surface area contributed by atoms with Crippen LogP contribution in [0, 0.1) is 0 Å². The van der Waals surface area contributed by atoms with Crippen molar-refractivity contribution < 1.29 is 4.52 Å². The Kier molecular flexibility index (Phi) is 5.14. The molecular formula is C14H19BrN4O. The highest BCUT2D eigenvalue weighted by Crippen LogP contribution is 2.26. The number of benzene rings is 1. The third-order valence-electron chi connectivity index (χ3n) is 3.26. The highest BCUT2D eigenvalue weighted by atomic mass is 79.9. The molecule has 1 heterocycles. The van der Waals surface area contributed by atoms with Crippen molar-refractivity contribution in [3.05, 3.63) is 28.5 Å². The van der Waals surface area contributed by atoms with Crippen molar-refractivity contribution in [1.82, 2.24) is 15.0 Å². The molecule has 20 heavy (non-hydrogen) atoms. The van der Waals surface area contributed by atoms with Crippen molar-refractivity contribution in [3.63, 3.8) is 0 Å². The van der Waals surface area contributed by atoms with Crippen LogP contribution in [-0.2, 0) is 6.42 Å². The van der Waals surface area contributed by atoms with Crippen LogP contribution in [0.5, 0.6) is 0 Å². The molecule has 108 valence electrons. The SMILES string of the molecule is CCN(CC)CCc1noc(-c2ccc(N)c(Br)c2)n1. The standard InChI is InChI=1S/C14H19BrN4O/c1-3-19(4-2)8-7-13-17-14(20-18-13)10-5-6-12(16)11(15)9-10/h5-6,9H,3-4,7-8,16H2,1-2H3. The third-order valence-corrected chi connectivity index (χ3v) is 3.95. The van der Waals surface area contributed by atoms with Gasteiger partial charge in [-0.05, 0) is 47.2 Å². The molecule has 0 aliphatic carbocycles. The molecule has 5 nitrogen and oxygen atoms in total. The van der Waals surface area contributed by atoms with Crippen LogP contribution >= 0.6 is 15.9 Å². The van der Waals surface area contributed by atoms with E-state index < -0.39 is 0 Å². The molecular weight excluding hydrogens is 320 g/mol. The van der Waals surface area contributed by atoms with Crippen molar-refractivity contribution in [3.8, 4) is 11.5 Å². The fourth-order valence-electron chi connectivity index (χ4n) is 1.93. The monoisotopic (exact) mass is 338 g/mol. The fraction of sp³-hybridized carbons (Fsp3) is 0.429. The molecule has 0 radical (unpaired) electrons. The normalized spacial score (nSPS) is 11.2. The van der Waals surface area contributed by atoms with Gasteiger partial charge >= 0.3 is 0 Å². The summed E-state index contributed by atoms with van der Waals surface area (Å²) in [4.78, 5) is 6.75. The number of hydrogen-bond donors (Lipinski definition) is 1. The molecule has 0 saturated carbocycles. The predicted molar refractivity (Wildman–Crippen MR) is 83.3 cm³/mol. The number of halogens is 1. The first-order chi connectivity index (χ1) is 9.63. The second-order valence-electron chi connectivity index (χ2n) is 4.53. The van der Waals surface area contributed by atoms with Crippen molar-refractivity contribution in [2.45, 2.75) is 20.3 Å². The van der Waals surface area contributed by atoms with Crippen molar-refractivity contribution in [2.75, 3.05) is 25.4 Å². The number of hydrogen-bond acceptors (Lipinski definition) is 5. The summed E-state index contributed by atoms with van der Waals surface area (Å²) in [6, 6.07) is 5.58. The molecule has 0 atom stereocenters. The molecule has 0 aliphatic rings. The lowest BCUT2D eigenvalue weighted by atomic mass is 10.2. The first kappa shape index (κ1) is 15.0. The van der Waals surface area contributed by atoms with Gasteiger partial charge in [0.1, 0.15) is 0 Å². The number of nitrogens with two attached hydrogens (primary N) is 1. The Labute approximate surface area is 127 Å². The van der Waals surface area contributed by atoms with E-state index in [1.807, 2.05) is 18.2 Å². The molecule has 1 aromatic heterocycles. The van der Waals surface area contributed by atoms with Crippen LogP contribution in [0.2, 0.25) is 0 Å². The van der Waals surface area contributed by atoms with E-state index >= 15 is 0 Å². The Hall–Kier alpha value is -1.40. The summed E-state index contributed by atoms with van der Waals surface area (Å²) in [7, 11) is 0. The van der Waals surface area contributed by atoms with E-state index in [-0.39, 0.29) is 0 Å². The first-order valence-electron chi connectivity index (χ1n) is 6.74. The quantitative estimate of drug-likeness (QED) is 0.820. The number of likely N-dealkylation sites (N-methyl/N-ethyl adjacent to an activating group) is 1. The van der Waals surface area contributed by atoms with E-state index in [0.29, 0.717) is 11.6 Å². The highest BCUT2D eigenvalue weighted by Gasteiger charge is 2.11. The molecule has 0 saturated heterocycles. The van der Waals surface area contributed by atoms with E-state index in [4.69, 9.17) is 10.3 Å². The second kappa shape index (κ2) is 6.85.